The number of anilines is 2. The Morgan fingerprint density at radius 3 is 2.65 bits per heavy atom. The molecule has 5 heteroatoms. The first kappa shape index (κ1) is 16.8. The zero-order valence-electron chi connectivity index (χ0n) is 13.8. The van der Waals surface area contributed by atoms with Gasteiger partial charge in [-0.05, 0) is 44.5 Å². The minimum atomic E-state index is -0.104. The fraction of sp³-hybridized carbons (Fsp3) is 0.333. The Balaban J connectivity index is 2.07. The molecule has 1 heterocycles. The Morgan fingerprint density at radius 1 is 1.22 bits per heavy atom. The van der Waals surface area contributed by atoms with Gasteiger partial charge < -0.3 is 15.4 Å². The summed E-state index contributed by atoms with van der Waals surface area (Å²) in [7, 11) is 0. The number of nitrogens with one attached hydrogen (secondary N) is 2. The molecule has 0 aliphatic carbocycles. The third-order valence-corrected chi connectivity index (χ3v) is 3.47. The van der Waals surface area contributed by atoms with E-state index < -0.39 is 0 Å². The van der Waals surface area contributed by atoms with Gasteiger partial charge in [0.1, 0.15) is 11.6 Å². The van der Waals surface area contributed by atoms with Gasteiger partial charge in [0.2, 0.25) is 0 Å². The SMILES string of the molecule is CCOc1ccccc1Nc1ccc(C(=O)NC(C)CC)cn1. The largest absolute Gasteiger partial charge is 0.492 e. The first-order valence-corrected chi connectivity index (χ1v) is 7.89. The summed E-state index contributed by atoms with van der Waals surface area (Å²) in [6, 6.07) is 11.4. The molecule has 1 aromatic carbocycles. The average Bonchev–Trinajstić information content (AvgIpc) is 2.57. The summed E-state index contributed by atoms with van der Waals surface area (Å²) in [6.07, 6.45) is 2.47. The number of amides is 1. The van der Waals surface area contributed by atoms with E-state index in [0.717, 1.165) is 17.9 Å². The number of para-hydroxylation sites is 2. The maximum Gasteiger partial charge on any atom is 0.253 e. The lowest BCUT2D eigenvalue weighted by Crippen LogP contribution is -2.31. The van der Waals surface area contributed by atoms with Crippen LogP contribution in [0.25, 0.3) is 0 Å². The molecular weight excluding hydrogens is 290 g/mol. The van der Waals surface area contributed by atoms with Crippen LogP contribution >= 0.6 is 0 Å². The first-order chi connectivity index (χ1) is 11.1. The van der Waals surface area contributed by atoms with Gasteiger partial charge in [-0.2, -0.15) is 0 Å². The van der Waals surface area contributed by atoms with Gasteiger partial charge in [0.15, 0.2) is 0 Å². The van der Waals surface area contributed by atoms with Crippen LogP contribution in [0.1, 0.15) is 37.6 Å². The van der Waals surface area contributed by atoms with E-state index in [9.17, 15) is 4.79 Å². The van der Waals surface area contributed by atoms with Gasteiger partial charge >= 0.3 is 0 Å². The Kier molecular flexibility index (Phi) is 5.97. The van der Waals surface area contributed by atoms with Crippen LogP contribution in [0.15, 0.2) is 42.6 Å². The fourth-order valence-corrected chi connectivity index (χ4v) is 2.00. The Bertz CT molecular complexity index is 641. The Labute approximate surface area is 137 Å². The van der Waals surface area contributed by atoms with Crippen LogP contribution in [-0.4, -0.2) is 23.5 Å². The molecule has 5 nitrogen and oxygen atoms in total. The Morgan fingerprint density at radius 2 is 2.00 bits per heavy atom. The van der Waals surface area contributed by atoms with Crippen molar-refractivity contribution in [3.8, 4) is 5.75 Å². The third-order valence-electron chi connectivity index (χ3n) is 3.47. The van der Waals surface area contributed by atoms with Gasteiger partial charge in [-0.1, -0.05) is 19.1 Å². The molecule has 2 N–H and O–H groups in total. The van der Waals surface area contributed by atoms with Gasteiger partial charge in [-0.25, -0.2) is 4.98 Å². The van der Waals surface area contributed by atoms with E-state index in [4.69, 9.17) is 4.74 Å². The van der Waals surface area contributed by atoms with E-state index in [1.165, 1.54) is 0 Å². The van der Waals surface area contributed by atoms with Gasteiger partial charge in [0.05, 0.1) is 17.9 Å². The Hall–Kier alpha value is -2.56. The second-order valence-electron chi connectivity index (χ2n) is 5.27. The van der Waals surface area contributed by atoms with E-state index in [0.29, 0.717) is 18.0 Å². The lowest BCUT2D eigenvalue weighted by Gasteiger charge is -2.13. The number of benzene rings is 1. The predicted molar refractivity (Wildman–Crippen MR) is 92.3 cm³/mol. The minimum absolute atomic E-state index is 0.104. The number of nitrogens with zero attached hydrogens (tertiary/aromatic N) is 1. The maximum atomic E-state index is 12.0. The summed E-state index contributed by atoms with van der Waals surface area (Å²) in [5, 5.41) is 6.13. The molecule has 2 aromatic rings. The van der Waals surface area contributed by atoms with Crippen LogP contribution in [-0.2, 0) is 0 Å². The fourth-order valence-electron chi connectivity index (χ4n) is 2.00. The summed E-state index contributed by atoms with van der Waals surface area (Å²) in [4.78, 5) is 16.3. The summed E-state index contributed by atoms with van der Waals surface area (Å²) in [5.74, 6) is 1.33. The maximum absolute atomic E-state index is 12.0. The van der Waals surface area contributed by atoms with Crippen LogP contribution in [0.4, 0.5) is 11.5 Å². The summed E-state index contributed by atoms with van der Waals surface area (Å²) >= 11 is 0. The second-order valence-corrected chi connectivity index (χ2v) is 5.27. The monoisotopic (exact) mass is 313 g/mol. The molecule has 1 atom stereocenters. The quantitative estimate of drug-likeness (QED) is 0.817. The molecule has 0 bridgehead atoms. The zero-order valence-corrected chi connectivity index (χ0v) is 13.8. The lowest BCUT2D eigenvalue weighted by molar-refractivity contribution is 0.0939. The molecule has 0 saturated heterocycles. The first-order valence-electron chi connectivity index (χ1n) is 7.89. The highest BCUT2D eigenvalue weighted by Crippen LogP contribution is 2.26. The van der Waals surface area contributed by atoms with Crippen molar-refractivity contribution in [1.29, 1.82) is 0 Å². The van der Waals surface area contributed by atoms with Crippen LogP contribution in [0.5, 0.6) is 5.75 Å². The van der Waals surface area contributed by atoms with E-state index >= 15 is 0 Å². The molecule has 1 amide bonds. The minimum Gasteiger partial charge on any atom is -0.492 e. The van der Waals surface area contributed by atoms with Crippen molar-refractivity contribution in [2.24, 2.45) is 0 Å². The van der Waals surface area contributed by atoms with E-state index in [1.54, 1.807) is 18.3 Å². The summed E-state index contributed by atoms with van der Waals surface area (Å²) < 4.78 is 5.57. The number of carbonyl (C=O) groups is 1. The van der Waals surface area contributed by atoms with Crippen LogP contribution in [0.2, 0.25) is 0 Å². The molecule has 0 aliphatic rings. The number of pyridine rings is 1. The molecule has 2 rings (SSSR count). The van der Waals surface area contributed by atoms with Crippen LogP contribution < -0.4 is 15.4 Å². The predicted octanol–water partition coefficient (Wildman–Crippen LogP) is 3.75. The van der Waals surface area contributed by atoms with Crippen LogP contribution in [0.3, 0.4) is 0 Å². The number of carbonyl (C=O) groups excluding carboxylic acids is 1. The highest BCUT2D eigenvalue weighted by molar-refractivity contribution is 5.94. The molecule has 0 aliphatic heterocycles. The van der Waals surface area contributed by atoms with Crippen molar-refractivity contribution in [3.63, 3.8) is 0 Å². The van der Waals surface area contributed by atoms with Crippen LogP contribution in [0, 0.1) is 0 Å². The van der Waals surface area contributed by atoms with Crippen molar-refractivity contribution in [3.05, 3.63) is 48.2 Å². The van der Waals surface area contributed by atoms with E-state index in [-0.39, 0.29) is 11.9 Å². The zero-order chi connectivity index (χ0) is 16.7. The molecule has 23 heavy (non-hydrogen) atoms. The highest BCUT2D eigenvalue weighted by atomic mass is 16.5. The molecule has 122 valence electrons. The smallest absolute Gasteiger partial charge is 0.253 e. The number of hydrogen-bond donors (Lipinski definition) is 2. The van der Waals surface area contributed by atoms with Gasteiger partial charge in [-0.15, -0.1) is 0 Å². The standard InChI is InChI=1S/C18H23N3O2/c1-4-13(3)20-18(22)14-10-11-17(19-12-14)21-15-8-6-7-9-16(15)23-5-2/h6-13H,4-5H2,1-3H3,(H,19,21)(H,20,22). The number of rotatable bonds is 7. The summed E-state index contributed by atoms with van der Waals surface area (Å²) in [6.45, 7) is 6.55. The lowest BCUT2D eigenvalue weighted by atomic mass is 10.2. The normalized spacial score (nSPS) is 11.6. The van der Waals surface area contributed by atoms with Crippen molar-refractivity contribution < 1.29 is 9.53 Å². The molecular formula is C18H23N3O2. The van der Waals surface area contributed by atoms with Crippen molar-refractivity contribution in [2.45, 2.75) is 33.2 Å². The number of hydrogen-bond acceptors (Lipinski definition) is 4. The molecule has 1 unspecified atom stereocenters. The van der Waals surface area contributed by atoms with E-state index in [1.807, 2.05) is 45.0 Å². The van der Waals surface area contributed by atoms with E-state index in [2.05, 4.69) is 15.6 Å². The topological polar surface area (TPSA) is 63.2 Å². The average molecular weight is 313 g/mol. The van der Waals surface area contributed by atoms with Gasteiger partial charge in [0.25, 0.3) is 5.91 Å². The molecule has 1 aromatic heterocycles. The highest BCUT2D eigenvalue weighted by Gasteiger charge is 2.09. The third kappa shape index (κ3) is 4.71. The van der Waals surface area contributed by atoms with Crippen molar-refractivity contribution in [1.82, 2.24) is 10.3 Å². The summed E-state index contributed by atoms with van der Waals surface area (Å²) in [5.41, 5.74) is 1.40. The van der Waals surface area contributed by atoms with Gasteiger partial charge in [-0.3, -0.25) is 4.79 Å². The molecule has 0 fully saturated rings. The molecule has 0 saturated carbocycles. The van der Waals surface area contributed by atoms with Crippen molar-refractivity contribution >= 4 is 17.4 Å². The molecule has 0 radical (unpaired) electrons. The number of ether oxygens (including phenoxy) is 1. The molecule has 0 spiro atoms. The van der Waals surface area contributed by atoms with Crippen molar-refractivity contribution in [2.75, 3.05) is 11.9 Å². The second kappa shape index (κ2) is 8.17. The number of aromatic nitrogens is 1. The van der Waals surface area contributed by atoms with Gasteiger partial charge in [0, 0.05) is 12.2 Å².